The summed E-state index contributed by atoms with van der Waals surface area (Å²) in [6, 6.07) is 2.97. The van der Waals surface area contributed by atoms with E-state index in [9.17, 15) is 8.78 Å². The van der Waals surface area contributed by atoms with Crippen LogP contribution in [0.2, 0.25) is 0 Å². The van der Waals surface area contributed by atoms with Crippen molar-refractivity contribution < 1.29 is 13.5 Å². The Kier molecular flexibility index (Phi) is 3.51. The van der Waals surface area contributed by atoms with Gasteiger partial charge < -0.3 is 10.5 Å². The molecule has 1 saturated heterocycles. The van der Waals surface area contributed by atoms with Gasteiger partial charge in [-0.15, -0.1) is 0 Å². The van der Waals surface area contributed by atoms with E-state index in [2.05, 4.69) is 0 Å². The second-order valence-electron chi connectivity index (χ2n) is 4.10. The summed E-state index contributed by atoms with van der Waals surface area (Å²) in [6.07, 6.45) is 2.74. The van der Waals surface area contributed by atoms with E-state index in [1.807, 2.05) is 0 Å². The lowest BCUT2D eigenvalue weighted by molar-refractivity contribution is -0.000637. The zero-order valence-electron chi connectivity index (χ0n) is 8.96. The Hall–Kier alpha value is -1.00. The van der Waals surface area contributed by atoms with Crippen molar-refractivity contribution in [1.29, 1.82) is 0 Å². The van der Waals surface area contributed by atoms with Crippen LogP contribution in [-0.2, 0) is 4.74 Å². The minimum absolute atomic E-state index is 0.159. The molecule has 0 aromatic heterocycles. The maximum Gasteiger partial charge on any atom is 0.130 e. The van der Waals surface area contributed by atoms with Crippen molar-refractivity contribution in [2.24, 2.45) is 5.73 Å². The van der Waals surface area contributed by atoms with E-state index in [4.69, 9.17) is 10.5 Å². The van der Waals surface area contributed by atoms with Crippen LogP contribution >= 0.6 is 0 Å². The first kappa shape index (κ1) is 11.5. The number of hydrogen-bond donors (Lipinski definition) is 1. The van der Waals surface area contributed by atoms with Crippen molar-refractivity contribution in [3.8, 4) is 0 Å². The summed E-state index contributed by atoms with van der Waals surface area (Å²) >= 11 is 0. The third-order valence-electron chi connectivity index (χ3n) is 2.94. The van der Waals surface area contributed by atoms with Crippen molar-refractivity contribution >= 4 is 0 Å². The number of hydrogen-bond acceptors (Lipinski definition) is 2. The molecule has 1 aliphatic rings. The van der Waals surface area contributed by atoms with Gasteiger partial charge in [-0.05, 0) is 25.3 Å². The normalized spacial score (nSPS) is 23.1. The number of rotatable bonds is 2. The fraction of sp³-hybridized carbons (Fsp3) is 0.500. The van der Waals surface area contributed by atoms with E-state index in [0.29, 0.717) is 12.2 Å². The zero-order chi connectivity index (χ0) is 11.5. The quantitative estimate of drug-likeness (QED) is 0.842. The highest BCUT2D eigenvalue weighted by atomic mass is 19.1. The molecule has 1 aliphatic heterocycles. The number of ether oxygens (including phenoxy) is 1. The summed E-state index contributed by atoms with van der Waals surface area (Å²) in [7, 11) is 0. The van der Waals surface area contributed by atoms with E-state index in [0.717, 1.165) is 25.3 Å². The molecule has 16 heavy (non-hydrogen) atoms. The summed E-state index contributed by atoms with van der Waals surface area (Å²) in [5, 5.41) is 0. The highest BCUT2D eigenvalue weighted by molar-refractivity contribution is 5.23. The van der Waals surface area contributed by atoms with E-state index in [-0.39, 0.29) is 6.10 Å². The summed E-state index contributed by atoms with van der Waals surface area (Å²) in [6.45, 7) is 0.668. The van der Waals surface area contributed by atoms with Crippen molar-refractivity contribution in [1.82, 2.24) is 0 Å². The lowest BCUT2D eigenvalue weighted by atomic mass is 9.96. The molecule has 0 saturated carbocycles. The minimum Gasteiger partial charge on any atom is -0.376 e. The Bertz CT molecular complexity index is 364. The molecule has 0 radical (unpaired) electrons. The van der Waals surface area contributed by atoms with Crippen LogP contribution in [0.4, 0.5) is 8.78 Å². The molecule has 2 unspecified atom stereocenters. The third-order valence-corrected chi connectivity index (χ3v) is 2.94. The van der Waals surface area contributed by atoms with Gasteiger partial charge in [0.15, 0.2) is 0 Å². The standard InChI is InChI=1S/C12H15F2NO/c13-8-4-5-9(10(14)7-8)12(15)11-3-1-2-6-16-11/h4-5,7,11-12H,1-3,6,15H2. The maximum absolute atomic E-state index is 13.5. The first-order valence-electron chi connectivity index (χ1n) is 5.50. The van der Waals surface area contributed by atoms with Crippen molar-refractivity contribution in [2.45, 2.75) is 31.4 Å². The Morgan fingerprint density at radius 1 is 1.31 bits per heavy atom. The molecule has 1 fully saturated rings. The molecule has 0 spiro atoms. The van der Waals surface area contributed by atoms with E-state index < -0.39 is 17.7 Å². The number of halogens is 2. The Labute approximate surface area is 93.4 Å². The Morgan fingerprint density at radius 3 is 2.75 bits per heavy atom. The second kappa shape index (κ2) is 4.89. The lowest BCUT2D eigenvalue weighted by Crippen LogP contribution is -2.32. The van der Waals surface area contributed by atoms with Crippen LogP contribution < -0.4 is 5.73 Å². The Balaban J connectivity index is 2.15. The van der Waals surface area contributed by atoms with Crippen molar-refractivity contribution in [3.05, 3.63) is 35.4 Å². The van der Waals surface area contributed by atoms with Gasteiger partial charge in [-0.25, -0.2) is 8.78 Å². The lowest BCUT2D eigenvalue weighted by Gasteiger charge is -2.28. The van der Waals surface area contributed by atoms with Crippen LogP contribution in [0.5, 0.6) is 0 Å². The van der Waals surface area contributed by atoms with Gasteiger partial charge in [0.2, 0.25) is 0 Å². The van der Waals surface area contributed by atoms with E-state index in [1.165, 1.54) is 12.1 Å². The average molecular weight is 227 g/mol. The largest absolute Gasteiger partial charge is 0.376 e. The van der Waals surface area contributed by atoms with Crippen LogP contribution in [0.1, 0.15) is 30.9 Å². The van der Waals surface area contributed by atoms with Gasteiger partial charge in [-0.2, -0.15) is 0 Å². The maximum atomic E-state index is 13.5. The van der Waals surface area contributed by atoms with Gasteiger partial charge in [0, 0.05) is 18.2 Å². The molecule has 88 valence electrons. The minimum atomic E-state index is -0.596. The molecule has 1 aromatic carbocycles. The molecular formula is C12H15F2NO. The topological polar surface area (TPSA) is 35.2 Å². The highest BCUT2D eigenvalue weighted by Crippen LogP contribution is 2.26. The third kappa shape index (κ3) is 2.39. The zero-order valence-corrected chi connectivity index (χ0v) is 8.96. The van der Waals surface area contributed by atoms with Gasteiger partial charge in [-0.1, -0.05) is 6.07 Å². The van der Waals surface area contributed by atoms with Gasteiger partial charge in [0.25, 0.3) is 0 Å². The molecule has 0 bridgehead atoms. The molecule has 1 heterocycles. The van der Waals surface area contributed by atoms with Gasteiger partial charge in [0.1, 0.15) is 11.6 Å². The fourth-order valence-corrected chi connectivity index (χ4v) is 2.02. The van der Waals surface area contributed by atoms with Gasteiger partial charge >= 0.3 is 0 Å². The number of benzene rings is 1. The van der Waals surface area contributed by atoms with Crippen LogP contribution in [0, 0.1) is 11.6 Å². The molecule has 2 N–H and O–H groups in total. The first-order valence-corrected chi connectivity index (χ1v) is 5.50. The molecule has 2 atom stereocenters. The summed E-state index contributed by atoms with van der Waals surface area (Å²) in [5.74, 6) is -1.18. The first-order chi connectivity index (χ1) is 7.68. The Morgan fingerprint density at radius 2 is 2.12 bits per heavy atom. The SMILES string of the molecule is NC(c1ccc(F)cc1F)C1CCCCO1. The predicted molar refractivity (Wildman–Crippen MR) is 56.9 cm³/mol. The summed E-state index contributed by atoms with van der Waals surface area (Å²) in [5.41, 5.74) is 6.26. The molecule has 0 amide bonds. The van der Waals surface area contributed by atoms with Crippen LogP contribution in [0.3, 0.4) is 0 Å². The smallest absolute Gasteiger partial charge is 0.130 e. The second-order valence-corrected chi connectivity index (χ2v) is 4.10. The molecular weight excluding hydrogens is 212 g/mol. The van der Waals surface area contributed by atoms with Crippen LogP contribution in [0.25, 0.3) is 0 Å². The molecule has 2 nitrogen and oxygen atoms in total. The van der Waals surface area contributed by atoms with Crippen LogP contribution in [-0.4, -0.2) is 12.7 Å². The van der Waals surface area contributed by atoms with Crippen LogP contribution in [0.15, 0.2) is 18.2 Å². The fourth-order valence-electron chi connectivity index (χ4n) is 2.02. The van der Waals surface area contributed by atoms with E-state index >= 15 is 0 Å². The molecule has 4 heteroatoms. The monoisotopic (exact) mass is 227 g/mol. The predicted octanol–water partition coefficient (Wildman–Crippen LogP) is 2.53. The molecule has 1 aromatic rings. The van der Waals surface area contributed by atoms with Gasteiger partial charge in [-0.3, -0.25) is 0 Å². The van der Waals surface area contributed by atoms with Crippen molar-refractivity contribution in [3.63, 3.8) is 0 Å². The van der Waals surface area contributed by atoms with E-state index in [1.54, 1.807) is 0 Å². The average Bonchev–Trinajstić information content (AvgIpc) is 2.29. The van der Waals surface area contributed by atoms with Gasteiger partial charge in [0.05, 0.1) is 12.1 Å². The highest BCUT2D eigenvalue weighted by Gasteiger charge is 2.24. The number of nitrogens with two attached hydrogens (primary N) is 1. The summed E-state index contributed by atoms with van der Waals surface area (Å²) in [4.78, 5) is 0. The molecule has 2 rings (SSSR count). The van der Waals surface area contributed by atoms with Crippen molar-refractivity contribution in [2.75, 3.05) is 6.61 Å². The molecule has 0 aliphatic carbocycles. The summed E-state index contributed by atoms with van der Waals surface area (Å²) < 4.78 is 31.7.